The Balaban J connectivity index is 1.45. The lowest BCUT2D eigenvalue weighted by Crippen LogP contribution is -1.86. The summed E-state index contributed by atoms with van der Waals surface area (Å²) in [5.74, 6) is 2.54. The van der Waals surface area contributed by atoms with E-state index in [1.54, 1.807) is 11.8 Å². The Labute approximate surface area is 144 Å². The summed E-state index contributed by atoms with van der Waals surface area (Å²) in [4.78, 5) is 7.93. The molecule has 4 aromatic rings. The van der Waals surface area contributed by atoms with Gasteiger partial charge in [-0.15, -0.1) is 0 Å². The highest BCUT2D eigenvalue weighted by atomic mass is 32.2. The minimum absolute atomic E-state index is 0.839. The van der Waals surface area contributed by atoms with Gasteiger partial charge in [-0.1, -0.05) is 54.2 Å². The lowest BCUT2D eigenvalue weighted by Gasteiger charge is -2.07. The normalized spacial score (nSPS) is 10.8. The average Bonchev–Trinajstić information content (AvgIpc) is 3.04. The van der Waals surface area contributed by atoms with E-state index in [0.717, 1.165) is 33.4 Å². The number of aromatic nitrogens is 2. The number of benzene rings is 3. The number of thioether (sulfide) groups is 1. The van der Waals surface area contributed by atoms with E-state index in [9.17, 15) is 0 Å². The molecule has 0 bridgehead atoms. The zero-order valence-electron chi connectivity index (χ0n) is 13.0. The number of imidazole rings is 1. The van der Waals surface area contributed by atoms with Crippen molar-refractivity contribution >= 4 is 22.8 Å². The predicted octanol–water partition coefficient (Wildman–Crippen LogP) is 5.65. The number of H-pyrrole nitrogens is 1. The van der Waals surface area contributed by atoms with Gasteiger partial charge in [-0.25, -0.2) is 4.98 Å². The van der Waals surface area contributed by atoms with Crippen molar-refractivity contribution < 1.29 is 4.74 Å². The zero-order valence-corrected chi connectivity index (χ0v) is 13.8. The monoisotopic (exact) mass is 332 g/mol. The molecule has 0 aliphatic carbocycles. The molecule has 0 saturated heterocycles. The lowest BCUT2D eigenvalue weighted by molar-refractivity contribution is 0.482. The van der Waals surface area contributed by atoms with Gasteiger partial charge in [0, 0.05) is 5.75 Å². The first-order valence-electron chi connectivity index (χ1n) is 7.76. The van der Waals surface area contributed by atoms with Crippen LogP contribution in [-0.4, -0.2) is 9.97 Å². The second-order valence-electron chi connectivity index (χ2n) is 5.41. The van der Waals surface area contributed by atoms with E-state index in [1.165, 1.54) is 5.56 Å². The van der Waals surface area contributed by atoms with Crippen molar-refractivity contribution in [2.45, 2.75) is 10.9 Å². The largest absolute Gasteiger partial charge is 0.457 e. The number of nitrogens with one attached hydrogen (secondary N) is 1. The summed E-state index contributed by atoms with van der Waals surface area (Å²) in [6, 6.07) is 26.1. The van der Waals surface area contributed by atoms with Crippen molar-refractivity contribution in [3.63, 3.8) is 0 Å². The highest BCUT2D eigenvalue weighted by molar-refractivity contribution is 7.98. The fourth-order valence-corrected chi connectivity index (χ4v) is 3.30. The van der Waals surface area contributed by atoms with E-state index < -0.39 is 0 Å². The molecular formula is C20H16N2OS. The van der Waals surface area contributed by atoms with Gasteiger partial charge in [-0.2, -0.15) is 0 Å². The van der Waals surface area contributed by atoms with Crippen molar-refractivity contribution in [1.29, 1.82) is 0 Å². The van der Waals surface area contributed by atoms with E-state index in [4.69, 9.17) is 4.74 Å². The Morgan fingerprint density at radius 2 is 1.62 bits per heavy atom. The highest BCUT2D eigenvalue weighted by Gasteiger charge is 2.04. The topological polar surface area (TPSA) is 37.9 Å². The maximum Gasteiger partial charge on any atom is 0.166 e. The van der Waals surface area contributed by atoms with E-state index in [-0.39, 0.29) is 0 Å². The van der Waals surface area contributed by atoms with Crippen molar-refractivity contribution in [2.75, 3.05) is 0 Å². The van der Waals surface area contributed by atoms with Crippen LogP contribution in [0, 0.1) is 0 Å². The highest BCUT2D eigenvalue weighted by Crippen LogP contribution is 2.26. The molecule has 1 aromatic heterocycles. The minimum atomic E-state index is 0.839. The first kappa shape index (κ1) is 14.8. The fourth-order valence-electron chi connectivity index (χ4n) is 2.47. The van der Waals surface area contributed by atoms with Crippen LogP contribution in [0.5, 0.6) is 11.5 Å². The van der Waals surface area contributed by atoms with Gasteiger partial charge in [-0.05, 0) is 42.0 Å². The number of para-hydroxylation sites is 3. The molecule has 0 aliphatic heterocycles. The third-order valence-electron chi connectivity index (χ3n) is 3.62. The van der Waals surface area contributed by atoms with E-state index in [2.05, 4.69) is 22.1 Å². The molecule has 0 atom stereocenters. The number of fused-ring (bicyclic) bond motifs is 1. The summed E-state index contributed by atoms with van der Waals surface area (Å²) in [5, 5.41) is 0.936. The Hall–Kier alpha value is -2.72. The first-order valence-corrected chi connectivity index (χ1v) is 8.75. The quantitative estimate of drug-likeness (QED) is 0.480. The number of rotatable bonds is 5. The van der Waals surface area contributed by atoms with Crippen LogP contribution in [0.4, 0.5) is 0 Å². The lowest BCUT2D eigenvalue weighted by atomic mass is 10.2. The predicted molar refractivity (Wildman–Crippen MR) is 98.6 cm³/mol. The third kappa shape index (κ3) is 3.44. The molecule has 0 amide bonds. The van der Waals surface area contributed by atoms with Gasteiger partial charge < -0.3 is 9.72 Å². The molecule has 1 heterocycles. The Morgan fingerprint density at radius 1 is 0.833 bits per heavy atom. The molecule has 24 heavy (non-hydrogen) atoms. The summed E-state index contributed by atoms with van der Waals surface area (Å²) in [6.07, 6.45) is 0. The summed E-state index contributed by atoms with van der Waals surface area (Å²) in [5.41, 5.74) is 3.27. The van der Waals surface area contributed by atoms with Crippen LogP contribution in [0.15, 0.2) is 84.0 Å². The average molecular weight is 332 g/mol. The molecule has 0 unspecified atom stereocenters. The van der Waals surface area contributed by atoms with Gasteiger partial charge in [0.05, 0.1) is 11.0 Å². The number of ether oxygens (including phenoxy) is 1. The van der Waals surface area contributed by atoms with Crippen LogP contribution in [-0.2, 0) is 5.75 Å². The molecule has 4 heteroatoms. The van der Waals surface area contributed by atoms with Crippen LogP contribution in [0.2, 0.25) is 0 Å². The van der Waals surface area contributed by atoms with Crippen LogP contribution >= 0.6 is 11.8 Å². The number of aromatic amines is 1. The summed E-state index contributed by atoms with van der Waals surface area (Å²) >= 11 is 1.69. The molecule has 1 N–H and O–H groups in total. The van der Waals surface area contributed by atoms with Gasteiger partial charge in [-0.3, -0.25) is 0 Å². The number of hydrogen-bond donors (Lipinski definition) is 1. The fraction of sp³-hybridized carbons (Fsp3) is 0.0500. The summed E-state index contributed by atoms with van der Waals surface area (Å²) < 4.78 is 5.89. The molecule has 118 valence electrons. The Bertz CT molecular complexity index is 917. The molecule has 3 nitrogen and oxygen atoms in total. The number of nitrogens with zero attached hydrogens (tertiary/aromatic N) is 1. The SMILES string of the molecule is c1ccc(Oc2cccc(CSc3nc4ccccc4[nH]3)c2)cc1. The molecule has 0 radical (unpaired) electrons. The van der Waals surface area contributed by atoms with Crippen molar-refractivity contribution in [3.8, 4) is 11.5 Å². The molecule has 4 rings (SSSR count). The second kappa shape index (κ2) is 6.81. The molecule has 0 aliphatic rings. The zero-order chi connectivity index (χ0) is 16.2. The van der Waals surface area contributed by atoms with Crippen LogP contribution in [0.1, 0.15) is 5.56 Å². The van der Waals surface area contributed by atoms with E-state index >= 15 is 0 Å². The maximum absolute atomic E-state index is 5.89. The summed E-state index contributed by atoms with van der Waals surface area (Å²) in [7, 11) is 0. The van der Waals surface area contributed by atoms with Crippen molar-refractivity contribution in [2.24, 2.45) is 0 Å². The van der Waals surface area contributed by atoms with Crippen LogP contribution in [0.25, 0.3) is 11.0 Å². The van der Waals surface area contributed by atoms with Crippen molar-refractivity contribution in [3.05, 3.63) is 84.4 Å². The molecule has 0 spiro atoms. The standard InChI is InChI=1S/C20H16N2OS/c1-2-8-16(9-3-1)23-17-10-6-7-15(13-17)14-24-20-21-18-11-4-5-12-19(18)22-20/h1-13H,14H2,(H,21,22). The number of hydrogen-bond acceptors (Lipinski definition) is 3. The van der Waals surface area contributed by atoms with Crippen LogP contribution in [0.3, 0.4) is 0 Å². The van der Waals surface area contributed by atoms with Gasteiger partial charge >= 0.3 is 0 Å². The van der Waals surface area contributed by atoms with Gasteiger partial charge in [0.25, 0.3) is 0 Å². The molecule has 0 saturated carbocycles. The minimum Gasteiger partial charge on any atom is -0.457 e. The van der Waals surface area contributed by atoms with E-state index in [0.29, 0.717) is 0 Å². The molecular weight excluding hydrogens is 316 g/mol. The Kier molecular flexibility index (Phi) is 4.21. The van der Waals surface area contributed by atoms with Crippen LogP contribution < -0.4 is 4.74 Å². The van der Waals surface area contributed by atoms with Gasteiger partial charge in [0.15, 0.2) is 5.16 Å². The third-order valence-corrected chi connectivity index (χ3v) is 4.57. The van der Waals surface area contributed by atoms with Gasteiger partial charge in [0.1, 0.15) is 11.5 Å². The second-order valence-corrected chi connectivity index (χ2v) is 6.37. The first-order chi connectivity index (χ1) is 11.9. The van der Waals surface area contributed by atoms with Gasteiger partial charge in [0.2, 0.25) is 0 Å². The smallest absolute Gasteiger partial charge is 0.166 e. The Morgan fingerprint density at radius 3 is 2.50 bits per heavy atom. The van der Waals surface area contributed by atoms with E-state index in [1.807, 2.05) is 66.7 Å². The molecule has 0 fully saturated rings. The molecule has 3 aromatic carbocycles. The summed E-state index contributed by atoms with van der Waals surface area (Å²) in [6.45, 7) is 0. The van der Waals surface area contributed by atoms with Crippen molar-refractivity contribution in [1.82, 2.24) is 9.97 Å². The maximum atomic E-state index is 5.89.